The molecule has 0 spiro atoms. The Morgan fingerprint density at radius 2 is 1.56 bits per heavy atom. The van der Waals surface area contributed by atoms with Gasteiger partial charge >= 0.3 is 0 Å². The highest BCUT2D eigenvalue weighted by Crippen LogP contribution is 2.08. The molecule has 1 unspecified atom stereocenters. The number of ether oxygens (including phenoxy) is 2. The maximum absolute atomic E-state index is 12.4. The lowest BCUT2D eigenvalue weighted by Gasteiger charge is -2.38. The van der Waals surface area contributed by atoms with Crippen molar-refractivity contribution in [3.8, 4) is 0 Å². The van der Waals surface area contributed by atoms with Gasteiger partial charge in [0.15, 0.2) is 0 Å². The number of hydrogen-bond donors (Lipinski definition) is 1. The summed E-state index contributed by atoms with van der Waals surface area (Å²) in [7, 11) is 0. The summed E-state index contributed by atoms with van der Waals surface area (Å²) in [5.41, 5.74) is 0. The van der Waals surface area contributed by atoms with E-state index < -0.39 is 0 Å². The van der Waals surface area contributed by atoms with Gasteiger partial charge in [-0.15, -0.1) is 24.8 Å². The Hall–Kier alpha value is -0.640. The molecule has 10 heteroatoms. The van der Waals surface area contributed by atoms with E-state index in [0.29, 0.717) is 59.1 Å². The van der Waals surface area contributed by atoms with Gasteiger partial charge in [0.2, 0.25) is 5.91 Å². The highest BCUT2D eigenvalue weighted by Gasteiger charge is 2.30. The van der Waals surface area contributed by atoms with Gasteiger partial charge in [-0.2, -0.15) is 0 Å². The number of carbonyl (C=O) groups is 2. The molecule has 3 heterocycles. The quantitative estimate of drug-likeness (QED) is 0.644. The minimum atomic E-state index is -0.376. The second kappa shape index (κ2) is 11.2. The van der Waals surface area contributed by atoms with Crippen LogP contribution in [0.4, 0.5) is 0 Å². The van der Waals surface area contributed by atoms with E-state index in [9.17, 15) is 9.59 Å². The van der Waals surface area contributed by atoms with Crippen molar-refractivity contribution in [1.29, 1.82) is 0 Å². The summed E-state index contributed by atoms with van der Waals surface area (Å²) in [5.74, 6) is 0.187. The number of halogens is 2. The van der Waals surface area contributed by atoms with E-state index in [0.717, 1.165) is 19.6 Å². The molecule has 0 radical (unpaired) electrons. The smallest absolute Gasteiger partial charge is 0.253 e. The van der Waals surface area contributed by atoms with E-state index in [4.69, 9.17) is 9.47 Å². The molecule has 2 amide bonds. The number of rotatable bonds is 3. The van der Waals surface area contributed by atoms with Crippen molar-refractivity contribution in [2.24, 2.45) is 0 Å². The minimum absolute atomic E-state index is 0. The molecule has 3 saturated heterocycles. The number of amides is 2. The molecule has 25 heavy (non-hydrogen) atoms. The summed E-state index contributed by atoms with van der Waals surface area (Å²) in [4.78, 5) is 30.5. The lowest BCUT2D eigenvalue weighted by Crippen LogP contribution is -2.57. The molecule has 1 atom stereocenters. The first-order chi connectivity index (χ1) is 11.2. The maximum atomic E-state index is 12.4. The Kier molecular flexibility index (Phi) is 9.99. The monoisotopic (exact) mass is 398 g/mol. The predicted molar refractivity (Wildman–Crippen MR) is 97.5 cm³/mol. The molecule has 3 aliphatic rings. The zero-order valence-electron chi connectivity index (χ0n) is 14.4. The molecule has 146 valence electrons. The number of piperazine rings is 1. The molecule has 0 aromatic rings. The van der Waals surface area contributed by atoms with E-state index in [2.05, 4.69) is 10.2 Å². The van der Waals surface area contributed by atoms with Crippen LogP contribution in [0.2, 0.25) is 0 Å². The highest BCUT2D eigenvalue weighted by molar-refractivity contribution is 5.85. The van der Waals surface area contributed by atoms with Crippen LogP contribution in [0.15, 0.2) is 0 Å². The topological polar surface area (TPSA) is 74.4 Å². The molecule has 0 aromatic carbocycles. The Bertz CT molecular complexity index is 424. The zero-order chi connectivity index (χ0) is 16.1. The Balaban J connectivity index is 0.00000156. The van der Waals surface area contributed by atoms with Gasteiger partial charge in [0, 0.05) is 52.4 Å². The van der Waals surface area contributed by atoms with Gasteiger partial charge < -0.3 is 24.6 Å². The van der Waals surface area contributed by atoms with E-state index in [1.54, 1.807) is 0 Å². The highest BCUT2D eigenvalue weighted by atomic mass is 35.5. The molecule has 3 fully saturated rings. The molecule has 8 nitrogen and oxygen atoms in total. The van der Waals surface area contributed by atoms with Crippen molar-refractivity contribution in [2.75, 3.05) is 78.7 Å². The second-order valence-corrected chi connectivity index (χ2v) is 6.16. The summed E-state index contributed by atoms with van der Waals surface area (Å²) in [5, 5.41) is 3.17. The molecule has 0 bridgehead atoms. The van der Waals surface area contributed by atoms with Crippen LogP contribution in [-0.2, 0) is 19.1 Å². The fraction of sp³-hybridized carbons (Fsp3) is 0.867. The maximum Gasteiger partial charge on any atom is 0.253 e. The third-order valence-electron chi connectivity index (χ3n) is 4.61. The third-order valence-corrected chi connectivity index (χ3v) is 4.61. The van der Waals surface area contributed by atoms with Gasteiger partial charge in [-0.1, -0.05) is 0 Å². The number of carbonyl (C=O) groups excluding carboxylic acids is 2. The van der Waals surface area contributed by atoms with Crippen molar-refractivity contribution in [3.63, 3.8) is 0 Å². The molecule has 0 aromatic heterocycles. The van der Waals surface area contributed by atoms with Crippen LogP contribution in [0.1, 0.15) is 0 Å². The summed E-state index contributed by atoms with van der Waals surface area (Å²) < 4.78 is 10.8. The van der Waals surface area contributed by atoms with Crippen LogP contribution in [-0.4, -0.2) is 111 Å². The molecule has 3 aliphatic heterocycles. The van der Waals surface area contributed by atoms with Crippen LogP contribution in [0.3, 0.4) is 0 Å². The van der Waals surface area contributed by atoms with Gasteiger partial charge in [0.05, 0.1) is 26.4 Å². The molecule has 0 saturated carbocycles. The molecule has 1 N–H and O–H groups in total. The summed E-state index contributed by atoms with van der Waals surface area (Å²) in [6, 6.07) is 0. The van der Waals surface area contributed by atoms with E-state index >= 15 is 0 Å². The molecular weight excluding hydrogens is 371 g/mol. The van der Waals surface area contributed by atoms with Crippen molar-refractivity contribution >= 4 is 36.6 Å². The minimum Gasteiger partial charge on any atom is -0.379 e. The van der Waals surface area contributed by atoms with Crippen LogP contribution in [0.25, 0.3) is 0 Å². The van der Waals surface area contributed by atoms with Crippen molar-refractivity contribution in [3.05, 3.63) is 0 Å². The van der Waals surface area contributed by atoms with Gasteiger partial charge in [-0.05, 0) is 0 Å². The predicted octanol–water partition coefficient (Wildman–Crippen LogP) is -1.18. The molecule has 3 rings (SSSR count). The Morgan fingerprint density at radius 1 is 0.920 bits per heavy atom. The average molecular weight is 399 g/mol. The van der Waals surface area contributed by atoms with Crippen LogP contribution >= 0.6 is 24.8 Å². The van der Waals surface area contributed by atoms with Gasteiger partial charge in [-0.25, -0.2) is 0 Å². The molecule has 0 aliphatic carbocycles. The third kappa shape index (κ3) is 6.23. The number of nitrogens with zero attached hydrogens (tertiary/aromatic N) is 3. The first-order valence-electron chi connectivity index (χ1n) is 8.43. The van der Waals surface area contributed by atoms with Crippen molar-refractivity contribution in [1.82, 2.24) is 20.0 Å². The fourth-order valence-corrected chi connectivity index (χ4v) is 3.15. The summed E-state index contributed by atoms with van der Waals surface area (Å²) in [6.45, 7) is 7.83. The zero-order valence-corrected chi connectivity index (χ0v) is 16.0. The van der Waals surface area contributed by atoms with Crippen LogP contribution in [0, 0.1) is 0 Å². The van der Waals surface area contributed by atoms with Crippen LogP contribution < -0.4 is 5.32 Å². The van der Waals surface area contributed by atoms with Gasteiger partial charge in [-0.3, -0.25) is 14.5 Å². The first-order valence-corrected chi connectivity index (χ1v) is 8.43. The largest absolute Gasteiger partial charge is 0.379 e. The average Bonchev–Trinajstić information content (AvgIpc) is 2.63. The summed E-state index contributed by atoms with van der Waals surface area (Å²) >= 11 is 0. The van der Waals surface area contributed by atoms with E-state index in [1.165, 1.54) is 0 Å². The SMILES string of the molecule is Cl.Cl.O=C(CN1CCOCC1)N1CCN(C(=O)C2CNCCO2)CC1. The number of nitrogens with one attached hydrogen (secondary N) is 1. The first kappa shape index (κ1) is 22.4. The van der Waals surface area contributed by atoms with Gasteiger partial charge in [0.1, 0.15) is 6.10 Å². The van der Waals surface area contributed by atoms with Crippen LogP contribution in [0.5, 0.6) is 0 Å². The van der Waals surface area contributed by atoms with E-state index in [-0.39, 0.29) is 42.7 Å². The Labute approximate surface area is 161 Å². The second-order valence-electron chi connectivity index (χ2n) is 6.16. The van der Waals surface area contributed by atoms with Crippen molar-refractivity contribution < 1.29 is 19.1 Å². The normalized spacial score (nSPS) is 24.9. The Morgan fingerprint density at radius 3 is 2.16 bits per heavy atom. The van der Waals surface area contributed by atoms with E-state index in [1.807, 2.05) is 9.80 Å². The lowest BCUT2D eigenvalue weighted by atomic mass is 10.2. The number of hydrogen-bond acceptors (Lipinski definition) is 6. The van der Waals surface area contributed by atoms with Crippen molar-refractivity contribution in [2.45, 2.75) is 6.10 Å². The molecular formula is C15H28Cl2N4O4. The number of morpholine rings is 2. The fourth-order valence-electron chi connectivity index (χ4n) is 3.15. The van der Waals surface area contributed by atoms with Gasteiger partial charge in [0.25, 0.3) is 5.91 Å². The standard InChI is InChI=1S/C15H26N4O4.2ClH/c20-14(12-17-6-9-22-10-7-17)18-2-4-19(5-3-18)15(21)13-11-16-1-8-23-13;;/h13,16H,1-12H2;2*1H. The lowest BCUT2D eigenvalue weighted by molar-refractivity contribution is -0.149. The summed E-state index contributed by atoms with van der Waals surface area (Å²) in [6.07, 6.45) is -0.376.